The van der Waals surface area contributed by atoms with Crippen molar-refractivity contribution in [1.82, 2.24) is 0 Å². The smallest absolute Gasteiger partial charge is 0.306 e. The Labute approximate surface area is 402 Å². The van der Waals surface area contributed by atoms with Crippen LogP contribution < -0.4 is 0 Å². The summed E-state index contributed by atoms with van der Waals surface area (Å²) < 4.78 is 16.8. The number of rotatable bonds is 50. The summed E-state index contributed by atoms with van der Waals surface area (Å²) in [5, 5.41) is 0. The molecule has 0 saturated carbocycles. The fourth-order valence-electron chi connectivity index (χ4n) is 7.72. The molecule has 0 amide bonds. The molecule has 1 unspecified atom stereocenters. The Morgan fingerprint density at radius 3 is 0.938 bits per heavy atom. The fraction of sp³-hybridized carbons (Fsp3) is 0.780. The predicted molar refractivity (Wildman–Crippen MR) is 279 cm³/mol. The third-order valence-electron chi connectivity index (χ3n) is 12.0. The number of ether oxygens (including phenoxy) is 3. The molecule has 0 aromatic rings. The van der Waals surface area contributed by atoms with Gasteiger partial charge in [-0.15, -0.1) is 0 Å². The number of allylic oxidation sites excluding steroid dienone is 10. The van der Waals surface area contributed by atoms with Crippen molar-refractivity contribution in [2.24, 2.45) is 0 Å². The number of hydrogen-bond donors (Lipinski definition) is 0. The van der Waals surface area contributed by atoms with E-state index in [0.29, 0.717) is 19.3 Å². The van der Waals surface area contributed by atoms with Gasteiger partial charge in [0.2, 0.25) is 0 Å². The van der Waals surface area contributed by atoms with Gasteiger partial charge in [0.05, 0.1) is 0 Å². The Bertz CT molecular complexity index is 1180. The molecule has 0 aliphatic heterocycles. The molecule has 0 N–H and O–H groups in total. The van der Waals surface area contributed by atoms with Crippen LogP contribution in [0.1, 0.15) is 278 Å². The molecule has 0 spiro atoms. The van der Waals surface area contributed by atoms with E-state index < -0.39 is 6.10 Å². The summed E-state index contributed by atoms with van der Waals surface area (Å²) in [5.41, 5.74) is 0. The lowest BCUT2D eigenvalue weighted by Gasteiger charge is -2.18. The molecule has 65 heavy (non-hydrogen) atoms. The topological polar surface area (TPSA) is 78.9 Å². The molecule has 0 fully saturated rings. The second-order valence-corrected chi connectivity index (χ2v) is 18.5. The molecule has 6 nitrogen and oxygen atoms in total. The third kappa shape index (κ3) is 51.9. The Hall–Kier alpha value is -2.89. The highest BCUT2D eigenvalue weighted by Crippen LogP contribution is 2.15. The van der Waals surface area contributed by atoms with Gasteiger partial charge in [-0.05, 0) is 103 Å². The zero-order valence-electron chi connectivity index (χ0n) is 43.0. The highest BCUT2D eigenvalue weighted by Gasteiger charge is 2.19. The number of carbonyl (C=O) groups excluding carboxylic acids is 3. The van der Waals surface area contributed by atoms with E-state index in [0.717, 1.165) is 96.3 Å². The summed E-state index contributed by atoms with van der Waals surface area (Å²) in [6, 6.07) is 0. The van der Waals surface area contributed by atoms with Crippen molar-refractivity contribution in [1.29, 1.82) is 0 Å². The highest BCUT2D eigenvalue weighted by molar-refractivity contribution is 5.71. The zero-order chi connectivity index (χ0) is 47.2. The molecule has 0 aliphatic rings. The van der Waals surface area contributed by atoms with Gasteiger partial charge in [0.1, 0.15) is 13.2 Å². The molecule has 0 aromatic heterocycles. The molecular weight excluding hydrogens is 805 g/mol. The van der Waals surface area contributed by atoms with Gasteiger partial charge in [0.15, 0.2) is 6.10 Å². The van der Waals surface area contributed by atoms with Crippen LogP contribution in [-0.2, 0) is 28.6 Å². The number of unbranched alkanes of at least 4 members (excludes halogenated alkanes) is 29. The van der Waals surface area contributed by atoms with Crippen LogP contribution in [-0.4, -0.2) is 37.2 Å². The second-order valence-electron chi connectivity index (χ2n) is 18.5. The second kappa shape index (κ2) is 53.7. The molecule has 0 bridgehead atoms. The zero-order valence-corrected chi connectivity index (χ0v) is 43.0. The standard InChI is InChI=1S/C59H104O6/c1-4-7-10-13-16-19-22-24-26-27-28-29-30-31-33-34-37-40-43-46-49-52-58(61)64-55-56(54-63-57(60)51-48-45-42-39-36-21-18-15-12-9-6-3)65-59(62)53-50-47-44-41-38-35-32-25-23-20-17-14-11-8-5-2/h15,17-18,20,22,24-25,27-28,32,56H,4-14,16,19,21,23,26,29-31,33-55H2,1-3H3/b18-15-,20-17-,24-22-,28-27-,32-25-. The largest absolute Gasteiger partial charge is 0.462 e. The molecule has 6 heteroatoms. The average molecular weight is 909 g/mol. The van der Waals surface area contributed by atoms with E-state index in [-0.39, 0.29) is 31.1 Å². The monoisotopic (exact) mass is 909 g/mol. The first-order valence-electron chi connectivity index (χ1n) is 27.8. The van der Waals surface area contributed by atoms with E-state index in [1.807, 2.05) is 0 Å². The fourth-order valence-corrected chi connectivity index (χ4v) is 7.72. The molecule has 0 rings (SSSR count). The Kier molecular flexibility index (Phi) is 51.3. The number of esters is 3. The van der Waals surface area contributed by atoms with Crippen LogP contribution in [0.25, 0.3) is 0 Å². The molecular formula is C59H104O6. The van der Waals surface area contributed by atoms with E-state index in [1.54, 1.807) is 0 Å². The van der Waals surface area contributed by atoms with E-state index >= 15 is 0 Å². The van der Waals surface area contributed by atoms with Crippen LogP contribution in [0.15, 0.2) is 60.8 Å². The van der Waals surface area contributed by atoms with Crippen LogP contribution in [0.4, 0.5) is 0 Å². The van der Waals surface area contributed by atoms with E-state index in [1.165, 1.54) is 141 Å². The Balaban J connectivity index is 4.33. The predicted octanol–water partition coefficient (Wildman–Crippen LogP) is 18.4. The van der Waals surface area contributed by atoms with E-state index in [4.69, 9.17) is 14.2 Å². The molecule has 376 valence electrons. The lowest BCUT2D eigenvalue weighted by Crippen LogP contribution is -2.30. The summed E-state index contributed by atoms with van der Waals surface area (Å²) in [5.74, 6) is -0.906. The maximum atomic E-state index is 12.8. The summed E-state index contributed by atoms with van der Waals surface area (Å²) in [4.78, 5) is 38.0. The van der Waals surface area contributed by atoms with Gasteiger partial charge in [-0.2, -0.15) is 0 Å². The molecule has 0 saturated heterocycles. The van der Waals surface area contributed by atoms with Crippen molar-refractivity contribution in [3.63, 3.8) is 0 Å². The molecule has 0 radical (unpaired) electrons. The first-order chi connectivity index (χ1) is 32.0. The van der Waals surface area contributed by atoms with Crippen molar-refractivity contribution >= 4 is 17.9 Å². The van der Waals surface area contributed by atoms with Crippen molar-refractivity contribution in [2.45, 2.75) is 284 Å². The van der Waals surface area contributed by atoms with Crippen molar-refractivity contribution < 1.29 is 28.6 Å². The van der Waals surface area contributed by atoms with Gasteiger partial charge >= 0.3 is 17.9 Å². The van der Waals surface area contributed by atoms with Crippen molar-refractivity contribution in [3.8, 4) is 0 Å². The lowest BCUT2D eigenvalue weighted by atomic mass is 10.1. The Morgan fingerprint density at radius 1 is 0.308 bits per heavy atom. The van der Waals surface area contributed by atoms with Crippen LogP contribution in [0.2, 0.25) is 0 Å². The first-order valence-corrected chi connectivity index (χ1v) is 27.8. The summed E-state index contributed by atoms with van der Waals surface area (Å²) in [6.45, 7) is 6.56. The van der Waals surface area contributed by atoms with Crippen LogP contribution in [0, 0.1) is 0 Å². The maximum absolute atomic E-state index is 12.8. The highest BCUT2D eigenvalue weighted by atomic mass is 16.6. The minimum absolute atomic E-state index is 0.0843. The Morgan fingerprint density at radius 2 is 0.569 bits per heavy atom. The van der Waals surface area contributed by atoms with Gasteiger partial charge in [0, 0.05) is 19.3 Å². The molecule has 0 heterocycles. The molecule has 1 atom stereocenters. The van der Waals surface area contributed by atoms with Crippen LogP contribution >= 0.6 is 0 Å². The summed E-state index contributed by atoms with van der Waals surface area (Å²) >= 11 is 0. The maximum Gasteiger partial charge on any atom is 0.306 e. The van der Waals surface area contributed by atoms with Gasteiger partial charge in [-0.1, -0.05) is 216 Å². The van der Waals surface area contributed by atoms with Crippen LogP contribution in [0.5, 0.6) is 0 Å². The number of hydrogen-bond acceptors (Lipinski definition) is 6. The van der Waals surface area contributed by atoms with Crippen molar-refractivity contribution in [2.75, 3.05) is 13.2 Å². The average Bonchev–Trinajstić information content (AvgIpc) is 3.30. The normalized spacial score (nSPS) is 12.5. The SMILES string of the molecule is CCCC/C=C\CCCCCCCC(=O)OCC(COC(=O)CCCCCCCCCCC/C=C\C/C=C\CCCCCCC)OC(=O)CCCCCCC/C=C\C/C=C\CCCCC. The lowest BCUT2D eigenvalue weighted by molar-refractivity contribution is -0.167. The number of carbonyl (C=O) groups is 3. The van der Waals surface area contributed by atoms with E-state index in [9.17, 15) is 14.4 Å². The van der Waals surface area contributed by atoms with Gasteiger partial charge < -0.3 is 14.2 Å². The van der Waals surface area contributed by atoms with Gasteiger partial charge in [0.25, 0.3) is 0 Å². The molecule has 0 aliphatic carbocycles. The van der Waals surface area contributed by atoms with Crippen molar-refractivity contribution in [3.05, 3.63) is 60.8 Å². The quantitative estimate of drug-likeness (QED) is 0.0262. The summed E-state index contributed by atoms with van der Waals surface area (Å²) in [7, 11) is 0. The van der Waals surface area contributed by atoms with Crippen LogP contribution in [0.3, 0.4) is 0 Å². The van der Waals surface area contributed by atoms with E-state index in [2.05, 4.69) is 81.5 Å². The summed E-state index contributed by atoms with van der Waals surface area (Å²) in [6.07, 6.45) is 66.4. The minimum atomic E-state index is -0.786. The first kappa shape index (κ1) is 62.1. The third-order valence-corrected chi connectivity index (χ3v) is 12.0. The van der Waals surface area contributed by atoms with Gasteiger partial charge in [-0.25, -0.2) is 0 Å². The minimum Gasteiger partial charge on any atom is -0.462 e. The molecule has 0 aromatic carbocycles. The van der Waals surface area contributed by atoms with Gasteiger partial charge in [-0.3, -0.25) is 14.4 Å².